The van der Waals surface area contributed by atoms with Gasteiger partial charge in [-0.05, 0) is 13.8 Å². The van der Waals surface area contributed by atoms with Crippen LogP contribution in [-0.2, 0) is 16.6 Å². The van der Waals surface area contributed by atoms with Gasteiger partial charge >= 0.3 is 0 Å². The molecule has 104 valence electrons. The van der Waals surface area contributed by atoms with Gasteiger partial charge < -0.3 is 5.11 Å². The Kier molecular flexibility index (Phi) is 3.99. The smallest absolute Gasteiger partial charge is 0.260 e. The van der Waals surface area contributed by atoms with Crippen molar-refractivity contribution >= 4 is 21.4 Å². The molecule has 19 heavy (non-hydrogen) atoms. The lowest BCUT2D eigenvalue weighted by Crippen LogP contribution is -2.28. The molecule has 9 heteroatoms. The third-order valence-corrected chi connectivity index (χ3v) is 5.07. The summed E-state index contributed by atoms with van der Waals surface area (Å²) >= 11 is 1.37. The van der Waals surface area contributed by atoms with Gasteiger partial charge in [-0.25, -0.2) is 18.1 Å². The number of aryl methyl sites for hydroxylation is 1. The van der Waals surface area contributed by atoms with E-state index in [2.05, 4.69) is 19.9 Å². The van der Waals surface area contributed by atoms with Crippen molar-refractivity contribution in [1.82, 2.24) is 19.9 Å². The van der Waals surface area contributed by atoms with Crippen LogP contribution in [0.4, 0.5) is 0 Å². The topological polar surface area (TPSA) is 108 Å². The number of rotatable bonds is 5. The lowest BCUT2D eigenvalue weighted by atomic mass is 10.3. The van der Waals surface area contributed by atoms with Crippen LogP contribution < -0.4 is 4.72 Å². The van der Waals surface area contributed by atoms with E-state index in [-0.39, 0.29) is 17.2 Å². The zero-order valence-corrected chi connectivity index (χ0v) is 12.0. The number of aromatic nitrogens is 3. The predicted octanol–water partition coefficient (Wildman–Crippen LogP) is 0.706. The molecule has 7 nitrogen and oxygen atoms in total. The summed E-state index contributed by atoms with van der Waals surface area (Å²) in [5.41, 5.74) is 0.809. The van der Waals surface area contributed by atoms with Crippen LogP contribution in [0.5, 0.6) is 0 Å². The second-order valence-corrected chi connectivity index (χ2v) is 6.56. The molecule has 0 radical (unpaired) electrons. The van der Waals surface area contributed by atoms with Crippen molar-refractivity contribution in [2.45, 2.75) is 31.5 Å². The Morgan fingerprint density at radius 2 is 2.32 bits per heavy atom. The van der Waals surface area contributed by atoms with Crippen molar-refractivity contribution in [2.75, 3.05) is 0 Å². The fourth-order valence-corrected chi connectivity index (χ4v) is 3.74. The molecule has 0 fully saturated rings. The summed E-state index contributed by atoms with van der Waals surface area (Å²) in [5, 5.41) is 17.8. The van der Waals surface area contributed by atoms with E-state index in [0.717, 1.165) is 0 Å². The molecule has 0 aromatic carbocycles. The summed E-state index contributed by atoms with van der Waals surface area (Å²) in [5.74, 6) is 0. The standard InChI is InChI=1S/C10H14N4O3S2/c1-6-8(5-15)10(13-12-6)19(16,17)14-7(2)9-11-3-4-18-9/h3-4,7,14-15H,5H2,1-2H3,(H,12,13). The molecular formula is C10H14N4O3S2. The number of nitrogens with one attached hydrogen (secondary N) is 2. The second kappa shape index (κ2) is 5.37. The number of thiazole rings is 1. The van der Waals surface area contributed by atoms with Gasteiger partial charge in [-0.15, -0.1) is 11.3 Å². The third-order valence-electron chi connectivity index (χ3n) is 2.60. The lowest BCUT2D eigenvalue weighted by Gasteiger charge is -2.11. The fourth-order valence-electron chi connectivity index (χ4n) is 1.63. The molecule has 2 heterocycles. The Balaban J connectivity index is 2.28. The van der Waals surface area contributed by atoms with Crippen LogP contribution in [0, 0.1) is 6.92 Å². The lowest BCUT2D eigenvalue weighted by molar-refractivity contribution is 0.277. The average molecular weight is 302 g/mol. The fraction of sp³-hybridized carbons (Fsp3) is 0.400. The van der Waals surface area contributed by atoms with Crippen molar-refractivity contribution < 1.29 is 13.5 Å². The molecule has 0 amide bonds. The van der Waals surface area contributed by atoms with E-state index in [4.69, 9.17) is 0 Å². The maximum Gasteiger partial charge on any atom is 0.260 e. The largest absolute Gasteiger partial charge is 0.392 e. The number of H-pyrrole nitrogens is 1. The van der Waals surface area contributed by atoms with Gasteiger partial charge in [-0.3, -0.25) is 5.10 Å². The number of hydrogen-bond donors (Lipinski definition) is 3. The minimum atomic E-state index is -3.79. The van der Waals surface area contributed by atoms with Crippen LogP contribution in [0.2, 0.25) is 0 Å². The quantitative estimate of drug-likeness (QED) is 0.753. The minimum Gasteiger partial charge on any atom is -0.392 e. The van der Waals surface area contributed by atoms with Crippen LogP contribution in [-0.4, -0.2) is 28.7 Å². The van der Waals surface area contributed by atoms with E-state index < -0.39 is 16.1 Å². The first-order chi connectivity index (χ1) is 8.95. The highest BCUT2D eigenvalue weighted by atomic mass is 32.2. The highest BCUT2D eigenvalue weighted by molar-refractivity contribution is 7.89. The van der Waals surface area contributed by atoms with Crippen molar-refractivity contribution in [3.8, 4) is 0 Å². The number of aliphatic hydroxyl groups is 1. The number of aliphatic hydroxyl groups excluding tert-OH is 1. The van der Waals surface area contributed by atoms with E-state index >= 15 is 0 Å². The van der Waals surface area contributed by atoms with Crippen molar-refractivity contribution in [3.63, 3.8) is 0 Å². The maximum atomic E-state index is 12.2. The highest BCUT2D eigenvalue weighted by Crippen LogP contribution is 2.20. The van der Waals surface area contributed by atoms with Crippen molar-refractivity contribution in [2.24, 2.45) is 0 Å². The van der Waals surface area contributed by atoms with E-state index in [0.29, 0.717) is 10.7 Å². The first-order valence-electron chi connectivity index (χ1n) is 5.52. The molecule has 1 atom stereocenters. The molecule has 0 aliphatic rings. The zero-order chi connectivity index (χ0) is 14.0. The van der Waals surface area contributed by atoms with Crippen molar-refractivity contribution in [3.05, 3.63) is 27.8 Å². The number of nitrogens with zero attached hydrogens (tertiary/aromatic N) is 2. The molecule has 0 saturated carbocycles. The molecule has 0 aliphatic carbocycles. The SMILES string of the molecule is Cc1[nH]nc(S(=O)(=O)NC(C)c2nccs2)c1CO. The minimum absolute atomic E-state index is 0.170. The summed E-state index contributed by atoms with van der Waals surface area (Å²) < 4.78 is 26.9. The Bertz CT molecular complexity index is 648. The molecule has 3 N–H and O–H groups in total. The Hall–Kier alpha value is -1.29. The first kappa shape index (κ1) is 14.1. The molecule has 2 aromatic heterocycles. The van der Waals surface area contributed by atoms with Crippen LogP contribution in [0.1, 0.15) is 29.2 Å². The first-order valence-corrected chi connectivity index (χ1v) is 7.88. The van der Waals surface area contributed by atoms with Gasteiger partial charge in [0.15, 0.2) is 5.03 Å². The molecule has 2 aromatic rings. The molecule has 0 spiro atoms. The molecule has 0 aliphatic heterocycles. The van der Waals surface area contributed by atoms with Crippen LogP contribution in [0.25, 0.3) is 0 Å². The van der Waals surface area contributed by atoms with Crippen LogP contribution >= 0.6 is 11.3 Å². The predicted molar refractivity (Wildman–Crippen MR) is 70.1 cm³/mol. The van der Waals surface area contributed by atoms with Gasteiger partial charge in [0.2, 0.25) is 0 Å². The van der Waals surface area contributed by atoms with E-state index in [1.165, 1.54) is 11.3 Å². The van der Waals surface area contributed by atoms with E-state index in [1.54, 1.807) is 25.4 Å². The Morgan fingerprint density at radius 3 is 2.89 bits per heavy atom. The maximum absolute atomic E-state index is 12.2. The summed E-state index contributed by atoms with van der Waals surface area (Å²) in [7, 11) is -3.79. The normalized spacial score (nSPS) is 13.6. The molecular weight excluding hydrogens is 288 g/mol. The number of sulfonamides is 1. The average Bonchev–Trinajstić information content (AvgIpc) is 2.96. The summed E-state index contributed by atoms with van der Waals surface area (Å²) in [6.07, 6.45) is 1.61. The zero-order valence-electron chi connectivity index (χ0n) is 10.4. The summed E-state index contributed by atoms with van der Waals surface area (Å²) in [4.78, 5) is 4.06. The van der Waals surface area contributed by atoms with Gasteiger partial charge in [0, 0.05) is 22.8 Å². The monoisotopic (exact) mass is 302 g/mol. The second-order valence-electron chi connectivity index (χ2n) is 4.00. The Morgan fingerprint density at radius 1 is 1.58 bits per heavy atom. The number of hydrogen-bond acceptors (Lipinski definition) is 6. The molecule has 0 saturated heterocycles. The van der Waals surface area contributed by atoms with Gasteiger partial charge in [0.05, 0.1) is 12.6 Å². The molecule has 1 unspecified atom stereocenters. The van der Waals surface area contributed by atoms with E-state index in [1.807, 2.05) is 0 Å². The molecule has 2 rings (SSSR count). The van der Waals surface area contributed by atoms with Gasteiger partial charge in [-0.2, -0.15) is 5.10 Å². The number of aromatic amines is 1. The summed E-state index contributed by atoms with van der Waals surface area (Å²) in [6, 6.07) is -0.450. The summed E-state index contributed by atoms with van der Waals surface area (Å²) in [6.45, 7) is 2.97. The highest BCUT2D eigenvalue weighted by Gasteiger charge is 2.26. The van der Waals surface area contributed by atoms with Gasteiger partial charge in [0.25, 0.3) is 10.0 Å². The van der Waals surface area contributed by atoms with Gasteiger partial charge in [-0.1, -0.05) is 0 Å². The van der Waals surface area contributed by atoms with Gasteiger partial charge in [0.1, 0.15) is 5.01 Å². The third kappa shape index (κ3) is 2.84. The van der Waals surface area contributed by atoms with Crippen LogP contribution in [0.15, 0.2) is 16.6 Å². The van der Waals surface area contributed by atoms with E-state index in [9.17, 15) is 13.5 Å². The van der Waals surface area contributed by atoms with Crippen LogP contribution in [0.3, 0.4) is 0 Å². The van der Waals surface area contributed by atoms with Crippen molar-refractivity contribution in [1.29, 1.82) is 0 Å². The molecule has 0 bridgehead atoms. The Labute approximate surface area is 114 Å².